The van der Waals surface area contributed by atoms with Gasteiger partial charge >= 0.3 is 0 Å². The Bertz CT molecular complexity index is 720. The van der Waals surface area contributed by atoms with Gasteiger partial charge in [0, 0.05) is 5.02 Å². The first kappa shape index (κ1) is 14.4. The molecule has 3 aromatic carbocycles. The first-order valence-electron chi connectivity index (χ1n) is 6.79. The van der Waals surface area contributed by atoms with Crippen molar-refractivity contribution in [1.82, 2.24) is 0 Å². The van der Waals surface area contributed by atoms with Gasteiger partial charge < -0.3 is 0 Å². The molecule has 1 atom stereocenters. The summed E-state index contributed by atoms with van der Waals surface area (Å²) in [7, 11) is 0. The summed E-state index contributed by atoms with van der Waals surface area (Å²) in [6.07, 6.45) is 0. The maximum Gasteiger partial charge on any atom is 0.0645 e. The Morgan fingerprint density at radius 2 is 1.33 bits per heavy atom. The van der Waals surface area contributed by atoms with Crippen LogP contribution in [0.15, 0.2) is 78.9 Å². The smallest absolute Gasteiger partial charge is 0.0645 e. The molecule has 0 aromatic heterocycles. The van der Waals surface area contributed by atoms with Crippen molar-refractivity contribution in [2.75, 3.05) is 0 Å². The summed E-state index contributed by atoms with van der Waals surface area (Å²) >= 11 is 9.81. The second-order valence-corrected chi connectivity index (χ2v) is 6.26. The largest absolute Gasteiger partial charge is 0.0843 e. The van der Waals surface area contributed by atoms with Gasteiger partial charge in [0.05, 0.1) is 4.83 Å². The predicted molar refractivity (Wildman–Crippen MR) is 94.1 cm³/mol. The lowest BCUT2D eigenvalue weighted by Gasteiger charge is -2.12. The molecule has 0 aliphatic rings. The van der Waals surface area contributed by atoms with Crippen LogP contribution in [0.1, 0.15) is 16.0 Å². The third-order valence-electron chi connectivity index (χ3n) is 3.45. The lowest BCUT2D eigenvalue weighted by Crippen LogP contribution is -1.92. The van der Waals surface area contributed by atoms with Crippen LogP contribution in [0.5, 0.6) is 0 Å². The highest BCUT2D eigenvalue weighted by molar-refractivity contribution is 9.09. The van der Waals surface area contributed by atoms with Crippen LogP contribution in [0.3, 0.4) is 0 Å². The van der Waals surface area contributed by atoms with E-state index in [1.165, 1.54) is 16.7 Å². The molecule has 0 fully saturated rings. The number of benzene rings is 3. The van der Waals surface area contributed by atoms with Crippen molar-refractivity contribution in [3.05, 3.63) is 95.0 Å². The second-order valence-electron chi connectivity index (χ2n) is 4.91. The normalized spacial score (nSPS) is 12.1. The van der Waals surface area contributed by atoms with E-state index in [1.54, 1.807) is 0 Å². The third kappa shape index (κ3) is 3.37. The van der Waals surface area contributed by atoms with Crippen molar-refractivity contribution in [3.8, 4) is 11.1 Å². The van der Waals surface area contributed by atoms with Gasteiger partial charge in [-0.15, -0.1) is 0 Å². The minimum Gasteiger partial charge on any atom is -0.0843 e. The predicted octanol–water partition coefficient (Wildman–Crippen LogP) is 6.49. The molecular formula is C19H14BrCl. The van der Waals surface area contributed by atoms with E-state index in [9.17, 15) is 0 Å². The monoisotopic (exact) mass is 356 g/mol. The topological polar surface area (TPSA) is 0 Å². The Labute approximate surface area is 138 Å². The maximum absolute atomic E-state index is 6.06. The molecule has 0 aliphatic heterocycles. The lowest BCUT2D eigenvalue weighted by atomic mass is 10.0. The zero-order valence-corrected chi connectivity index (χ0v) is 13.7. The van der Waals surface area contributed by atoms with Crippen LogP contribution < -0.4 is 0 Å². The first-order valence-corrected chi connectivity index (χ1v) is 8.08. The Hall–Kier alpha value is -1.57. The van der Waals surface area contributed by atoms with E-state index in [4.69, 9.17) is 11.6 Å². The SMILES string of the molecule is Clc1cccc(C(Br)c2ccc(-c3ccccc3)cc2)c1. The molecule has 1 unspecified atom stereocenters. The molecule has 0 saturated heterocycles. The van der Waals surface area contributed by atoms with Crippen molar-refractivity contribution >= 4 is 27.5 Å². The summed E-state index contributed by atoms with van der Waals surface area (Å²) in [6, 6.07) is 27.0. The van der Waals surface area contributed by atoms with E-state index < -0.39 is 0 Å². The molecule has 0 saturated carbocycles. The van der Waals surface area contributed by atoms with Gasteiger partial charge in [-0.2, -0.15) is 0 Å². The van der Waals surface area contributed by atoms with Crippen LogP contribution >= 0.6 is 27.5 Å². The Morgan fingerprint density at radius 3 is 2.00 bits per heavy atom. The highest BCUT2D eigenvalue weighted by atomic mass is 79.9. The van der Waals surface area contributed by atoms with Crippen LogP contribution in [0.25, 0.3) is 11.1 Å². The summed E-state index contributed by atoms with van der Waals surface area (Å²) in [6.45, 7) is 0. The number of halogens is 2. The average molecular weight is 358 g/mol. The summed E-state index contributed by atoms with van der Waals surface area (Å²) < 4.78 is 0. The fourth-order valence-corrected chi connectivity index (χ4v) is 3.12. The van der Waals surface area contributed by atoms with Gasteiger partial charge in [0.2, 0.25) is 0 Å². The second kappa shape index (κ2) is 6.46. The average Bonchev–Trinajstić information content (AvgIpc) is 2.55. The molecule has 0 spiro atoms. The van der Waals surface area contributed by atoms with Gasteiger partial charge in [-0.1, -0.05) is 94.3 Å². The van der Waals surface area contributed by atoms with Gasteiger partial charge in [-0.3, -0.25) is 0 Å². The maximum atomic E-state index is 6.06. The molecular weight excluding hydrogens is 344 g/mol. The quantitative estimate of drug-likeness (QED) is 0.470. The number of rotatable bonds is 3. The van der Waals surface area contributed by atoms with Gasteiger partial charge in [0.15, 0.2) is 0 Å². The van der Waals surface area contributed by atoms with Crippen LogP contribution in [-0.2, 0) is 0 Å². The molecule has 0 amide bonds. The lowest BCUT2D eigenvalue weighted by molar-refractivity contribution is 1.18. The molecule has 0 bridgehead atoms. The van der Waals surface area contributed by atoms with E-state index in [2.05, 4.69) is 70.5 Å². The fraction of sp³-hybridized carbons (Fsp3) is 0.0526. The Kier molecular flexibility index (Phi) is 4.42. The van der Waals surface area contributed by atoms with Gasteiger partial charge in [0.25, 0.3) is 0 Å². The molecule has 0 heterocycles. The minimum atomic E-state index is 0.154. The molecule has 21 heavy (non-hydrogen) atoms. The zero-order valence-electron chi connectivity index (χ0n) is 11.3. The molecule has 3 aromatic rings. The Morgan fingerprint density at radius 1 is 0.667 bits per heavy atom. The molecule has 3 rings (SSSR count). The van der Waals surface area contributed by atoms with Crippen molar-refractivity contribution in [2.45, 2.75) is 4.83 Å². The van der Waals surface area contributed by atoms with Gasteiger partial charge in [-0.25, -0.2) is 0 Å². The number of hydrogen-bond donors (Lipinski definition) is 0. The molecule has 104 valence electrons. The van der Waals surface area contributed by atoms with E-state index in [0.29, 0.717) is 0 Å². The van der Waals surface area contributed by atoms with E-state index in [0.717, 1.165) is 10.6 Å². The van der Waals surface area contributed by atoms with E-state index >= 15 is 0 Å². The third-order valence-corrected chi connectivity index (χ3v) is 4.74. The van der Waals surface area contributed by atoms with Crippen LogP contribution in [0, 0.1) is 0 Å². The van der Waals surface area contributed by atoms with E-state index in [1.807, 2.05) is 24.3 Å². The van der Waals surface area contributed by atoms with Crippen LogP contribution in [-0.4, -0.2) is 0 Å². The molecule has 2 heteroatoms. The molecule has 0 radical (unpaired) electrons. The molecule has 0 aliphatic carbocycles. The van der Waals surface area contributed by atoms with Crippen molar-refractivity contribution in [2.24, 2.45) is 0 Å². The molecule has 0 N–H and O–H groups in total. The van der Waals surface area contributed by atoms with Crippen LogP contribution in [0.2, 0.25) is 5.02 Å². The molecule has 0 nitrogen and oxygen atoms in total. The van der Waals surface area contributed by atoms with Gasteiger partial charge in [0.1, 0.15) is 0 Å². The van der Waals surface area contributed by atoms with Gasteiger partial charge in [-0.05, 0) is 34.4 Å². The summed E-state index contributed by atoms with van der Waals surface area (Å²) in [5, 5.41) is 0.762. The van der Waals surface area contributed by atoms with Crippen molar-refractivity contribution in [3.63, 3.8) is 0 Å². The van der Waals surface area contributed by atoms with E-state index in [-0.39, 0.29) is 4.83 Å². The zero-order chi connectivity index (χ0) is 14.7. The standard InChI is InChI=1S/C19H14BrCl/c20-19(17-7-4-8-18(21)13-17)16-11-9-15(10-12-16)14-5-2-1-3-6-14/h1-13,19H. The van der Waals surface area contributed by atoms with Crippen molar-refractivity contribution in [1.29, 1.82) is 0 Å². The number of hydrogen-bond acceptors (Lipinski definition) is 0. The highest BCUT2D eigenvalue weighted by Crippen LogP contribution is 2.33. The minimum absolute atomic E-state index is 0.154. The van der Waals surface area contributed by atoms with Crippen molar-refractivity contribution < 1.29 is 0 Å². The highest BCUT2D eigenvalue weighted by Gasteiger charge is 2.10. The summed E-state index contributed by atoms with van der Waals surface area (Å²) in [4.78, 5) is 0.154. The summed E-state index contributed by atoms with van der Waals surface area (Å²) in [5.41, 5.74) is 4.84. The summed E-state index contributed by atoms with van der Waals surface area (Å²) in [5.74, 6) is 0. The fourth-order valence-electron chi connectivity index (χ4n) is 2.33. The Balaban J connectivity index is 1.87. The van der Waals surface area contributed by atoms with Crippen LogP contribution in [0.4, 0.5) is 0 Å². The first-order chi connectivity index (χ1) is 10.2. The number of alkyl halides is 1.